The number of carbonyl (C=O) groups excluding carboxylic acids is 1. The molecule has 1 N–H and O–H groups in total. The summed E-state index contributed by atoms with van der Waals surface area (Å²) in [4.78, 5) is 16.4. The van der Waals surface area contributed by atoms with Gasteiger partial charge in [-0.25, -0.2) is 9.37 Å². The highest BCUT2D eigenvalue weighted by molar-refractivity contribution is 5.78. The van der Waals surface area contributed by atoms with E-state index in [1.165, 1.54) is 6.07 Å². The van der Waals surface area contributed by atoms with E-state index in [1.807, 2.05) is 24.3 Å². The first-order chi connectivity index (χ1) is 13.1. The van der Waals surface area contributed by atoms with Crippen LogP contribution in [-0.4, -0.2) is 24.5 Å². The fraction of sp³-hybridized carbons (Fsp3) is 0.238. The van der Waals surface area contributed by atoms with Gasteiger partial charge in [0.05, 0.1) is 24.8 Å². The molecule has 1 aromatic heterocycles. The first-order valence-corrected chi connectivity index (χ1v) is 8.67. The lowest BCUT2D eigenvalue weighted by Crippen LogP contribution is -2.27. The Morgan fingerprint density at radius 3 is 2.63 bits per heavy atom. The van der Waals surface area contributed by atoms with Gasteiger partial charge >= 0.3 is 0 Å². The van der Waals surface area contributed by atoms with Crippen LogP contribution in [0, 0.1) is 12.7 Å². The fourth-order valence-corrected chi connectivity index (χ4v) is 2.72. The third kappa shape index (κ3) is 4.73. The summed E-state index contributed by atoms with van der Waals surface area (Å²) in [5.41, 5.74) is 1.95. The number of carbonyl (C=O) groups is 1. The molecule has 0 fully saturated rings. The number of amides is 1. The van der Waals surface area contributed by atoms with Crippen LogP contribution in [0.1, 0.15) is 17.0 Å². The Morgan fingerprint density at radius 1 is 1.19 bits per heavy atom. The Labute approximate surface area is 157 Å². The summed E-state index contributed by atoms with van der Waals surface area (Å²) in [6.45, 7) is 2.21. The molecule has 0 aliphatic rings. The van der Waals surface area contributed by atoms with Crippen molar-refractivity contribution in [3.8, 4) is 17.2 Å². The standard InChI is InChI=1S/C21H21FN2O3/c1-14-19(24-21(27-14)17-5-3-4-6-18(17)22)11-12-23-20(25)13-15-7-9-16(26-2)10-8-15/h3-10H,11-13H2,1-2H3,(H,23,25). The van der Waals surface area contributed by atoms with Crippen molar-refractivity contribution in [1.82, 2.24) is 10.3 Å². The molecular formula is C21H21FN2O3. The molecule has 0 radical (unpaired) electrons. The third-order valence-electron chi connectivity index (χ3n) is 4.20. The third-order valence-corrected chi connectivity index (χ3v) is 4.20. The number of oxazole rings is 1. The highest BCUT2D eigenvalue weighted by Gasteiger charge is 2.14. The smallest absolute Gasteiger partial charge is 0.229 e. The van der Waals surface area contributed by atoms with Crippen LogP contribution in [0.5, 0.6) is 5.75 Å². The van der Waals surface area contributed by atoms with Gasteiger partial charge < -0.3 is 14.5 Å². The van der Waals surface area contributed by atoms with E-state index < -0.39 is 0 Å². The number of halogens is 1. The quantitative estimate of drug-likeness (QED) is 0.691. The minimum atomic E-state index is -0.377. The molecule has 0 unspecified atom stereocenters. The van der Waals surface area contributed by atoms with Crippen LogP contribution in [0.2, 0.25) is 0 Å². The molecule has 0 saturated carbocycles. The molecule has 0 saturated heterocycles. The van der Waals surface area contributed by atoms with Crippen LogP contribution in [0.3, 0.4) is 0 Å². The number of ether oxygens (including phenoxy) is 1. The normalized spacial score (nSPS) is 10.6. The van der Waals surface area contributed by atoms with E-state index in [-0.39, 0.29) is 17.6 Å². The minimum Gasteiger partial charge on any atom is -0.497 e. The monoisotopic (exact) mass is 368 g/mol. The van der Waals surface area contributed by atoms with Crippen LogP contribution in [-0.2, 0) is 17.6 Å². The van der Waals surface area contributed by atoms with Gasteiger partial charge in [0.2, 0.25) is 11.8 Å². The summed E-state index contributed by atoms with van der Waals surface area (Å²) in [5.74, 6) is 1.18. The number of nitrogens with one attached hydrogen (secondary N) is 1. The van der Waals surface area contributed by atoms with Crippen molar-refractivity contribution in [3.63, 3.8) is 0 Å². The molecule has 5 nitrogen and oxygen atoms in total. The lowest BCUT2D eigenvalue weighted by atomic mass is 10.1. The summed E-state index contributed by atoms with van der Waals surface area (Å²) >= 11 is 0. The van der Waals surface area contributed by atoms with Crippen molar-refractivity contribution < 1.29 is 18.3 Å². The maximum Gasteiger partial charge on any atom is 0.229 e. The number of aryl methyl sites for hydroxylation is 1. The van der Waals surface area contributed by atoms with Gasteiger partial charge in [0, 0.05) is 13.0 Å². The van der Waals surface area contributed by atoms with Crippen molar-refractivity contribution in [1.29, 1.82) is 0 Å². The van der Waals surface area contributed by atoms with Crippen molar-refractivity contribution in [2.45, 2.75) is 19.8 Å². The van der Waals surface area contributed by atoms with E-state index >= 15 is 0 Å². The maximum atomic E-state index is 13.9. The number of benzene rings is 2. The lowest BCUT2D eigenvalue weighted by molar-refractivity contribution is -0.120. The summed E-state index contributed by atoms with van der Waals surface area (Å²) in [6.07, 6.45) is 0.806. The Morgan fingerprint density at radius 2 is 1.93 bits per heavy atom. The Hall–Kier alpha value is -3.15. The van der Waals surface area contributed by atoms with E-state index in [2.05, 4.69) is 10.3 Å². The average molecular weight is 368 g/mol. The van der Waals surface area contributed by atoms with E-state index in [0.29, 0.717) is 36.4 Å². The minimum absolute atomic E-state index is 0.0735. The van der Waals surface area contributed by atoms with E-state index in [0.717, 1.165) is 11.3 Å². The van der Waals surface area contributed by atoms with E-state index in [4.69, 9.17) is 9.15 Å². The Balaban J connectivity index is 1.54. The number of rotatable bonds is 7. The van der Waals surface area contributed by atoms with Gasteiger partial charge in [-0.1, -0.05) is 24.3 Å². The van der Waals surface area contributed by atoms with Crippen molar-refractivity contribution >= 4 is 5.91 Å². The largest absolute Gasteiger partial charge is 0.497 e. The second-order valence-corrected chi connectivity index (χ2v) is 6.13. The van der Waals surface area contributed by atoms with Crippen LogP contribution in [0.25, 0.3) is 11.5 Å². The highest BCUT2D eigenvalue weighted by atomic mass is 19.1. The van der Waals surface area contributed by atoms with Gasteiger partial charge in [-0.15, -0.1) is 0 Å². The maximum absolute atomic E-state index is 13.9. The van der Waals surface area contributed by atoms with Gasteiger partial charge in [0.15, 0.2) is 0 Å². The topological polar surface area (TPSA) is 64.4 Å². The predicted molar refractivity (Wildman–Crippen MR) is 100 cm³/mol. The molecule has 1 heterocycles. The molecule has 6 heteroatoms. The molecule has 0 atom stereocenters. The van der Waals surface area contributed by atoms with E-state index in [9.17, 15) is 9.18 Å². The number of methoxy groups -OCH3 is 1. The van der Waals surface area contributed by atoms with Crippen LogP contribution in [0.15, 0.2) is 52.9 Å². The van der Waals surface area contributed by atoms with Crippen molar-refractivity contribution in [2.24, 2.45) is 0 Å². The molecule has 0 aliphatic carbocycles. The molecule has 1 amide bonds. The first kappa shape index (κ1) is 18.6. The molecule has 3 aromatic rings. The lowest BCUT2D eigenvalue weighted by Gasteiger charge is -2.05. The molecule has 0 aliphatic heterocycles. The predicted octanol–water partition coefficient (Wildman–Crippen LogP) is 3.70. The molecule has 3 rings (SSSR count). The van der Waals surface area contributed by atoms with Gasteiger partial charge in [-0.3, -0.25) is 4.79 Å². The Bertz CT molecular complexity index is 919. The molecule has 0 spiro atoms. The average Bonchev–Trinajstić information content (AvgIpc) is 3.03. The zero-order valence-electron chi connectivity index (χ0n) is 15.3. The first-order valence-electron chi connectivity index (χ1n) is 8.67. The second kappa shape index (κ2) is 8.49. The number of aromatic nitrogens is 1. The highest BCUT2D eigenvalue weighted by Crippen LogP contribution is 2.24. The van der Waals surface area contributed by atoms with Gasteiger partial charge in [0.1, 0.15) is 17.3 Å². The van der Waals surface area contributed by atoms with Crippen LogP contribution >= 0.6 is 0 Å². The van der Waals surface area contributed by atoms with Gasteiger partial charge in [0.25, 0.3) is 0 Å². The SMILES string of the molecule is COc1ccc(CC(=O)NCCc2nc(-c3ccccc3F)oc2C)cc1. The number of hydrogen-bond acceptors (Lipinski definition) is 4. The molecule has 2 aromatic carbocycles. The zero-order valence-corrected chi connectivity index (χ0v) is 15.3. The summed E-state index contributed by atoms with van der Waals surface area (Å²) in [5, 5.41) is 2.87. The van der Waals surface area contributed by atoms with Crippen molar-refractivity contribution in [2.75, 3.05) is 13.7 Å². The summed E-state index contributed by atoms with van der Waals surface area (Å²) < 4.78 is 24.5. The number of nitrogens with zero attached hydrogens (tertiary/aromatic N) is 1. The van der Waals surface area contributed by atoms with Crippen molar-refractivity contribution in [3.05, 3.63) is 71.4 Å². The van der Waals surface area contributed by atoms with E-state index in [1.54, 1.807) is 32.2 Å². The number of hydrogen-bond donors (Lipinski definition) is 1. The molecule has 0 bridgehead atoms. The molecular weight excluding hydrogens is 347 g/mol. The van der Waals surface area contributed by atoms with Crippen LogP contribution < -0.4 is 10.1 Å². The molecule has 27 heavy (non-hydrogen) atoms. The van der Waals surface area contributed by atoms with Gasteiger partial charge in [-0.05, 0) is 36.8 Å². The zero-order chi connectivity index (χ0) is 19.2. The fourth-order valence-electron chi connectivity index (χ4n) is 2.72. The summed E-state index contributed by atoms with van der Waals surface area (Å²) in [7, 11) is 1.60. The second-order valence-electron chi connectivity index (χ2n) is 6.13. The van der Waals surface area contributed by atoms with Crippen LogP contribution in [0.4, 0.5) is 4.39 Å². The van der Waals surface area contributed by atoms with Gasteiger partial charge in [-0.2, -0.15) is 0 Å². The molecule has 140 valence electrons. The Kier molecular flexibility index (Phi) is 5.86. The summed E-state index contributed by atoms with van der Waals surface area (Å²) in [6, 6.07) is 13.7.